The number of aliphatic carboxylic acids is 1. The summed E-state index contributed by atoms with van der Waals surface area (Å²) in [5.41, 5.74) is 0.799. The first-order valence-corrected chi connectivity index (χ1v) is 5.38. The summed E-state index contributed by atoms with van der Waals surface area (Å²) < 4.78 is 1.87. The van der Waals surface area contributed by atoms with Gasteiger partial charge in [0, 0.05) is 18.9 Å². The fraction of sp³-hybridized carbons (Fsp3) is 0.444. The first-order valence-electron chi connectivity index (χ1n) is 4.39. The predicted molar refractivity (Wildman–Crippen MR) is 57.9 cm³/mol. The average molecular weight is 227 g/mol. The highest BCUT2D eigenvalue weighted by Crippen LogP contribution is 2.17. The molecule has 0 fully saturated rings. The van der Waals surface area contributed by atoms with Crippen molar-refractivity contribution in [2.75, 3.05) is 5.75 Å². The summed E-state index contributed by atoms with van der Waals surface area (Å²) in [5.74, 6) is 0.540. The molecule has 0 aromatic carbocycles. The van der Waals surface area contributed by atoms with E-state index in [0.717, 1.165) is 16.6 Å². The Morgan fingerprint density at radius 1 is 1.60 bits per heavy atom. The van der Waals surface area contributed by atoms with Crippen LogP contribution in [0.2, 0.25) is 0 Å². The van der Waals surface area contributed by atoms with Gasteiger partial charge in [0.05, 0.1) is 0 Å². The molecule has 0 amide bonds. The molecule has 0 aliphatic heterocycles. The lowest BCUT2D eigenvalue weighted by atomic mass is 10.3. The third kappa shape index (κ3) is 3.39. The lowest BCUT2D eigenvalue weighted by molar-refractivity contribution is -0.131. The van der Waals surface area contributed by atoms with Gasteiger partial charge in [-0.25, -0.2) is 4.79 Å². The van der Waals surface area contributed by atoms with E-state index in [4.69, 9.17) is 5.11 Å². The molecule has 5 nitrogen and oxygen atoms in total. The van der Waals surface area contributed by atoms with E-state index in [1.54, 1.807) is 6.92 Å². The number of carboxylic acids is 1. The van der Waals surface area contributed by atoms with Gasteiger partial charge in [-0.3, -0.25) is 0 Å². The molecule has 1 heterocycles. The summed E-state index contributed by atoms with van der Waals surface area (Å²) in [4.78, 5) is 10.4. The van der Waals surface area contributed by atoms with Crippen molar-refractivity contribution >= 4 is 17.7 Å². The Morgan fingerprint density at radius 2 is 2.27 bits per heavy atom. The van der Waals surface area contributed by atoms with Gasteiger partial charge >= 0.3 is 5.97 Å². The molecule has 0 saturated carbocycles. The second kappa shape index (κ2) is 4.97. The summed E-state index contributed by atoms with van der Waals surface area (Å²) in [6, 6.07) is 0. The molecular weight excluding hydrogens is 214 g/mol. The molecule has 6 heteroatoms. The molecule has 0 saturated heterocycles. The molecule has 1 rings (SSSR count). The van der Waals surface area contributed by atoms with Gasteiger partial charge in [0.1, 0.15) is 5.82 Å². The van der Waals surface area contributed by atoms with Gasteiger partial charge in [0.15, 0.2) is 5.16 Å². The standard InChI is InChI=1S/C9H13N3O2S/c1-6(4-8(13)14)5-15-9-11-10-7(2)12(9)3/h4H,5H2,1-3H3,(H,13,14). The lowest BCUT2D eigenvalue weighted by Gasteiger charge is -2.00. The van der Waals surface area contributed by atoms with Gasteiger partial charge in [-0.05, 0) is 13.8 Å². The van der Waals surface area contributed by atoms with E-state index in [1.807, 2.05) is 18.5 Å². The maximum absolute atomic E-state index is 10.4. The normalized spacial score (nSPS) is 11.8. The highest BCUT2D eigenvalue weighted by molar-refractivity contribution is 7.99. The zero-order valence-corrected chi connectivity index (χ0v) is 9.71. The summed E-state index contributed by atoms with van der Waals surface area (Å²) in [6.07, 6.45) is 1.20. The van der Waals surface area contributed by atoms with Crippen LogP contribution in [-0.4, -0.2) is 31.6 Å². The van der Waals surface area contributed by atoms with Gasteiger partial charge in [0.2, 0.25) is 0 Å². The van der Waals surface area contributed by atoms with Crippen molar-refractivity contribution in [3.8, 4) is 0 Å². The number of aromatic nitrogens is 3. The van der Waals surface area contributed by atoms with Crippen LogP contribution in [0.5, 0.6) is 0 Å². The number of nitrogens with zero attached hydrogens (tertiary/aromatic N) is 3. The number of aryl methyl sites for hydroxylation is 1. The average Bonchev–Trinajstić information content (AvgIpc) is 2.44. The van der Waals surface area contributed by atoms with Crippen molar-refractivity contribution in [1.82, 2.24) is 14.8 Å². The smallest absolute Gasteiger partial charge is 0.328 e. The van der Waals surface area contributed by atoms with Gasteiger partial charge < -0.3 is 9.67 Å². The molecular formula is C9H13N3O2S. The molecule has 0 atom stereocenters. The van der Waals surface area contributed by atoms with Crippen LogP contribution >= 0.6 is 11.8 Å². The quantitative estimate of drug-likeness (QED) is 0.619. The minimum atomic E-state index is -0.915. The molecule has 0 unspecified atom stereocenters. The topological polar surface area (TPSA) is 68.0 Å². The Hall–Kier alpha value is -1.30. The van der Waals surface area contributed by atoms with E-state index in [-0.39, 0.29) is 0 Å². The largest absolute Gasteiger partial charge is 0.478 e. The van der Waals surface area contributed by atoms with Crippen LogP contribution < -0.4 is 0 Å². The summed E-state index contributed by atoms with van der Waals surface area (Å²) >= 11 is 1.48. The molecule has 1 N–H and O–H groups in total. The van der Waals surface area contributed by atoms with Crippen molar-refractivity contribution in [2.45, 2.75) is 19.0 Å². The van der Waals surface area contributed by atoms with Crippen molar-refractivity contribution < 1.29 is 9.90 Å². The Bertz CT molecular complexity index is 398. The molecule has 0 bridgehead atoms. The van der Waals surface area contributed by atoms with E-state index < -0.39 is 5.97 Å². The summed E-state index contributed by atoms with van der Waals surface area (Å²) in [5, 5.41) is 17.2. The summed E-state index contributed by atoms with van der Waals surface area (Å²) in [6.45, 7) is 3.65. The van der Waals surface area contributed by atoms with Crippen molar-refractivity contribution in [2.24, 2.45) is 7.05 Å². The van der Waals surface area contributed by atoms with E-state index in [1.165, 1.54) is 17.8 Å². The highest BCUT2D eigenvalue weighted by Gasteiger charge is 2.05. The monoisotopic (exact) mass is 227 g/mol. The SMILES string of the molecule is CC(=CC(=O)O)CSc1nnc(C)n1C. The maximum atomic E-state index is 10.4. The van der Waals surface area contributed by atoms with E-state index in [9.17, 15) is 4.79 Å². The zero-order chi connectivity index (χ0) is 11.4. The minimum Gasteiger partial charge on any atom is -0.478 e. The Labute approximate surface area is 92.2 Å². The minimum absolute atomic E-state index is 0.609. The molecule has 1 aromatic heterocycles. The summed E-state index contributed by atoms with van der Waals surface area (Å²) in [7, 11) is 1.88. The number of hydrogen-bond donors (Lipinski definition) is 1. The molecule has 0 aliphatic carbocycles. The number of carbonyl (C=O) groups is 1. The van der Waals surface area contributed by atoms with Gasteiger partial charge in [-0.15, -0.1) is 10.2 Å². The Balaban J connectivity index is 2.58. The van der Waals surface area contributed by atoms with E-state index in [0.29, 0.717) is 5.75 Å². The van der Waals surface area contributed by atoms with Gasteiger partial charge in [0.25, 0.3) is 0 Å². The fourth-order valence-corrected chi connectivity index (χ4v) is 1.81. The Morgan fingerprint density at radius 3 is 2.73 bits per heavy atom. The molecule has 15 heavy (non-hydrogen) atoms. The molecule has 82 valence electrons. The lowest BCUT2D eigenvalue weighted by Crippen LogP contribution is -1.96. The molecule has 1 aromatic rings. The van der Waals surface area contributed by atoms with Crippen LogP contribution in [-0.2, 0) is 11.8 Å². The molecule has 0 radical (unpaired) electrons. The third-order valence-corrected chi connectivity index (χ3v) is 3.06. The van der Waals surface area contributed by atoms with Gasteiger partial charge in [-0.1, -0.05) is 17.3 Å². The van der Waals surface area contributed by atoms with Crippen LogP contribution in [0, 0.1) is 6.92 Å². The molecule has 0 spiro atoms. The van der Waals surface area contributed by atoms with Crippen LogP contribution in [0.3, 0.4) is 0 Å². The molecule has 0 aliphatic rings. The van der Waals surface area contributed by atoms with E-state index >= 15 is 0 Å². The number of rotatable bonds is 4. The van der Waals surface area contributed by atoms with Crippen molar-refractivity contribution in [1.29, 1.82) is 0 Å². The van der Waals surface area contributed by atoms with Crippen molar-refractivity contribution in [3.63, 3.8) is 0 Å². The number of carboxylic acid groups (broad SMARTS) is 1. The van der Waals surface area contributed by atoms with Gasteiger partial charge in [-0.2, -0.15) is 0 Å². The number of hydrogen-bond acceptors (Lipinski definition) is 4. The first kappa shape index (κ1) is 11.8. The highest BCUT2D eigenvalue weighted by atomic mass is 32.2. The van der Waals surface area contributed by atoms with Crippen LogP contribution in [0.1, 0.15) is 12.7 Å². The second-order valence-electron chi connectivity index (χ2n) is 3.21. The predicted octanol–water partition coefficient (Wildman–Crippen LogP) is 1.25. The van der Waals surface area contributed by atoms with E-state index in [2.05, 4.69) is 10.2 Å². The van der Waals surface area contributed by atoms with Crippen molar-refractivity contribution in [3.05, 3.63) is 17.5 Å². The van der Waals surface area contributed by atoms with Crippen LogP contribution in [0.25, 0.3) is 0 Å². The van der Waals surface area contributed by atoms with Crippen LogP contribution in [0.15, 0.2) is 16.8 Å². The first-order chi connectivity index (χ1) is 7.00. The Kier molecular flexibility index (Phi) is 3.90. The van der Waals surface area contributed by atoms with Crippen LogP contribution in [0.4, 0.5) is 0 Å². The zero-order valence-electron chi connectivity index (χ0n) is 8.89. The number of thioether (sulfide) groups is 1. The second-order valence-corrected chi connectivity index (χ2v) is 4.15. The third-order valence-electron chi connectivity index (χ3n) is 1.85. The fourth-order valence-electron chi connectivity index (χ4n) is 0.944. The maximum Gasteiger partial charge on any atom is 0.328 e.